The maximum absolute atomic E-state index is 15.3. The van der Waals surface area contributed by atoms with Gasteiger partial charge < -0.3 is 10.6 Å². The molecule has 0 aliphatic heterocycles. The summed E-state index contributed by atoms with van der Waals surface area (Å²) in [6, 6.07) is 9.69. The molecule has 7 rings (SSSR count). The predicted octanol–water partition coefficient (Wildman–Crippen LogP) is 6.36. The number of hydrogen-bond acceptors (Lipinski definition) is 6. The van der Waals surface area contributed by atoms with E-state index in [9.17, 15) is 18.8 Å². The summed E-state index contributed by atoms with van der Waals surface area (Å²) in [5.41, 5.74) is 5.73. The molecule has 2 aromatic carbocycles. The smallest absolute Gasteiger partial charge is 0.355 e. The Morgan fingerprint density at radius 3 is 2.55 bits per heavy atom. The van der Waals surface area contributed by atoms with Gasteiger partial charge in [0, 0.05) is 34.6 Å². The first-order valence-corrected chi connectivity index (χ1v) is 16.6. The largest absolute Gasteiger partial charge is 0.476 e. The summed E-state index contributed by atoms with van der Waals surface area (Å²) in [7, 11) is 0. The van der Waals surface area contributed by atoms with Crippen molar-refractivity contribution in [2.24, 2.45) is 16.5 Å². The van der Waals surface area contributed by atoms with E-state index in [4.69, 9.17) is 10.2 Å². The summed E-state index contributed by atoms with van der Waals surface area (Å²) in [6.45, 7) is 0. The minimum Gasteiger partial charge on any atom is -0.476 e. The first-order valence-electron chi connectivity index (χ1n) is 14.5. The molecule has 1 spiro atoms. The number of nitrogens with zero attached hydrogens (tertiary/aromatic N) is 3. The first kappa shape index (κ1) is 30.6. The standard InChI is InChI=1S/C32H30F2N4O3S2.H2O/c33-24-5-4-21(16-22(24)20-7-9-32(10-8-20)11-12-32)29-23(13-19-3-6-28(43(35)41)25(34)14-19)27(15-18-1-2-18)38(37-29)31-36-26(17-42-31)30(39)40;/h3-7,14,16-18,41H,1-2,8-13,15,35H2;1H2/p+1. The molecule has 2 aromatic heterocycles. The fourth-order valence-corrected chi connectivity index (χ4v) is 7.33. The molecule has 2 saturated carbocycles. The highest BCUT2D eigenvalue weighted by molar-refractivity contribution is 7.89. The monoisotopic (exact) mass is 639 g/mol. The van der Waals surface area contributed by atoms with E-state index in [1.54, 1.807) is 16.8 Å². The van der Waals surface area contributed by atoms with E-state index in [0.717, 1.165) is 54.5 Å². The number of aromatic carboxylic acids is 1. The summed E-state index contributed by atoms with van der Waals surface area (Å²) < 4.78 is 41.6. The molecule has 3 aliphatic carbocycles. The molecule has 8 nitrogen and oxygen atoms in total. The fourth-order valence-electron chi connectivity index (χ4n) is 6.09. The third kappa shape index (κ3) is 5.96. The Bertz CT molecular complexity index is 1780. The van der Waals surface area contributed by atoms with Gasteiger partial charge >= 0.3 is 5.97 Å². The van der Waals surface area contributed by atoms with Gasteiger partial charge in [0.05, 0.1) is 11.4 Å². The van der Waals surface area contributed by atoms with Crippen LogP contribution in [0.3, 0.4) is 0 Å². The number of carboxylic acids is 1. The average molecular weight is 640 g/mol. The molecule has 12 heteroatoms. The van der Waals surface area contributed by atoms with Crippen LogP contribution in [0.25, 0.3) is 22.0 Å². The molecule has 4 aromatic rings. The van der Waals surface area contributed by atoms with E-state index in [1.807, 2.05) is 6.07 Å². The predicted molar refractivity (Wildman–Crippen MR) is 167 cm³/mol. The van der Waals surface area contributed by atoms with Crippen LogP contribution in [0.1, 0.15) is 77.8 Å². The van der Waals surface area contributed by atoms with Gasteiger partial charge in [-0.2, -0.15) is 9.65 Å². The number of carboxylic acid groups (broad SMARTS) is 1. The van der Waals surface area contributed by atoms with Gasteiger partial charge in [0.1, 0.15) is 5.82 Å². The summed E-state index contributed by atoms with van der Waals surface area (Å²) in [5, 5.41) is 22.0. The van der Waals surface area contributed by atoms with Crippen LogP contribution in [-0.2, 0) is 24.2 Å². The molecule has 0 amide bonds. The lowest BCUT2D eigenvalue weighted by Gasteiger charge is -2.22. The van der Waals surface area contributed by atoms with Crippen LogP contribution in [0.5, 0.6) is 0 Å². The number of rotatable bonds is 9. The van der Waals surface area contributed by atoms with Crippen molar-refractivity contribution >= 4 is 34.2 Å². The van der Waals surface area contributed by atoms with Crippen LogP contribution in [0, 0.1) is 23.0 Å². The zero-order valence-corrected chi connectivity index (χ0v) is 25.5. The topological polar surface area (TPSA) is 146 Å². The minimum absolute atomic E-state index is 0. The second-order valence-corrected chi connectivity index (χ2v) is 13.9. The van der Waals surface area contributed by atoms with Gasteiger partial charge in [0.2, 0.25) is 10.0 Å². The second-order valence-electron chi connectivity index (χ2n) is 12.0. The summed E-state index contributed by atoms with van der Waals surface area (Å²) in [6.07, 6.45) is 10.8. The number of benzene rings is 2. The van der Waals surface area contributed by atoms with Crippen molar-refractivity contribution in [1.82, 2.24) is 14.8 Å². The van der Waals surface area contributed by atoms with Crippen LogP contribution < -0.4 is 5.14 Å². The molecule has 3 aliphatic rings. The molecule has 2 heterocycles. The normalized spacial score (nSPS) is 17.7. The average Bonchev–Trinajstić information content (AvgIpc) is 3.87. The van der Waals surface area contributed by atoms with Crippen molar-refractivity contribution in [3.05, 3.63) is 87.6 Å². The number of halogens is 2. The van der Waals surface area contributed by atoms with Crippen LogP contribution in [0.4, 0.5) is 8.78 Å². The highest BCUT2D eigenvalue weighted by Crippen LogP contribution is 2.56. The summed E-state index contributed by atoms with van der Waals surface area (Å²) >= 11 is -0.505. The first-order chi connectivity index (χ1) is 20.7. The highest BCUT2D eigenvalue weighted by Gasteiger charge is 2.43. The van der Waals surface area contributed by atoms with Crippen LogP contribution >= 0.6 is 11.3 Å². The molecule has 230 valence electrons. The van der Waals surface area contributed by atoms with Crippen molar-refractivity contribution in [2.75, 3.05) is 0 Å². The van der Waals surface area contributed by atoms with E-state index in [1.165, 1.54) is 47.8 Å². The third-order valence-corrected chi connectivity index (χ3v) is 10.6. The maximum Gasteiger partial charge on any atom is 0.355 e. The number of thiazole rings is 1. The number of hydrogen-bond donors (Lipinski definition) is 3. The van der Waals surface area contributed by atoms with Crippen LogP contribution in [-0.4, -0.2) is 35.9 Å². The van der Waals surface area contributed by atoms with E-state index in [-0.39, 0.29) is 21.9 Å². The number of nitrogens with two attached hydrogens (primary N) is 1. The Morgan fingerprint density at radius 1 is 1.14 bits per heavy atom. The van der Waals surface area contributed by atoms with Gasteiger partial charge in [-0.25, -0.2) is 23.2 Å². The van der Waals surface area contributed by atoms with Gasteiger partial charge in [0.25, 0.3) is 11.4 Å². The highest BCUT2D eigenvalue weighted by atomic mass is 32.2. The Kier molecular flexibility index (Phi) is 8.22. The molecule has 1 atom stereocenters. The Morgan fingerprint density at radius 2 is 1.93 bits per heavy atom. The number of allylic oxidation sites excluding steroid dienone is 2. The third-order valence-electron chi connectivity index (χ3n) is 9.01. The molecular weight excluding hydrogens is 607 g/mol. The zero-order chi connectivity index (χ0) is 29.9. The Hall–Kier alpha value is -3.42. The van der Waals surface area contributed by atoms with Gasteiger partial charge in [-0.15, -0.1) is 16.5 Å². The van der Waals surface area contributed by atoms with E-state index < -0.39 is 23.1 Å². The van der Waals surface area contributed by atoms with Crippen LogP contribution in [0.15, 0.2) is 52.7 Å². The van der Waals surface area contributed by atoms with Crippen molar-refractivity contribution in [3.63, 3.8) is 0 Å². The van der Waals surface area contributed by atoms with Crippen LogP contribution in [0.2, 0.25) is 0 Å². The van der Waals surface area contributed by atoms with Gasteiger partial charge in [-0.1, -0.05) is 12.1 Å². The Labute approximate surface area is 260 Å². The quantitative estimate of drug-likeness (QED) is 0.182. The lowest BCUT2D eigenvalue weighted by atomic mass is 9.83. The lowest BCUT2D eigenvalue weighted by Crippen LogP contribution is -2.13. The summed E-state index contributed by atoms with van der Waals surface area (Å²) in [4.78, 5) is 16.0. The molecule has 0 radical (unpaired) electrons. The number of carbonyl (C=O) groups is 1. The number of aromatic nitrogens is 3. The van der Waals surface area contributed by atoms with Crippen molar-refractivity contribution in [3.8, 4) is 16.4 Å². The molecule has 44 heavy (non-hydrogen) atoms. The molecule has 2 fully saturated rings. The Balaban J connectivity index is 0.00000343. The maximum atomic E-state index is 15.3. The van der Waals surface area contributed by atoms with E-state index >= 15 is 4.39 Å². The summed E-state index contributed by atoms with van der Waals surface area (Å²) in [5.74, 6) is -1.52. The molecule has 1 unspecified atom stereocenters. The fraction of sp³-hybridized carbons (Fsp3) is 0.344. The van der Waals surface area contributed by atoms with Crippen molar-refractivity contribution < 1.29 is 28.7 Å². The van der Waals surface area contributed by atoms with Crippen molar-refractivity contribution in [2.45, 2.75) is 62.7 Å². The zero-order valence-electron chi connectivity index (χ0n) is 23.9. The molecule has 6 N–H and O–H groups in total. The van der Waals surface area contributed by atoms with E-state index in [2.05, 4.69) is 11.1 Å². The second kappa shape index (κ2) is 11.8. The molecule has 0 saturated heterocycles. The lowest BCUT2D eigenvalue weighted by molar-refractivity contribution is 0.0691. The van der Waals surface area contributed by atoms with Gasteiger partial charge in [-0.3, -0.25) is 0 Å². The van der Waals surface area contributed by atoms with Gasteiger partial charge in [0.15, 0.2) is 11.5 Å². The van der Waals surface area contributed by atoms with Crippen molar-refractivity contribution in [1.29, 1.82) is 0 Å². The molecular formula is C32H33F2N4O4S2+. The van der Waals surface area contributed by atoms with E-state index in [0.29, 0.717) is 46.1 Å². The SMILES string of the molecule is N[S+](O)c1ccc(Cc2c(-c3ccc(F)c(C4=CCC5(CC4)CC5)c3)nn(-c3nc(C(=O)O)cs3)c2CC2CC2)cc1F.O. The minimum atomic E-state index is -1.70. The molecule has 0 bridgehead atoms. The van der Waals surface area contributed by atoms with Gasteiger partial charge in [-0.05, 0) is 98.1 Å².